The third kappa shape index (κ3) is 1.19. The molecule has 0 aromatic heterocycles. The lowest BCUT2D eigenvalue weighted by Gasteiger charge is -2.17. The number of nitrogens with zero attached hydrogens (tertiary/aromatic N) is 1. The zero-order valence-electron chi connectivity index (χ0n) is 5.87. The van der Waals surface area contributed by atoms with E-state index in [1.807, 2.05) is 24.3 Å². The molecule has 2 nitrogen and oxygen atoms in total. The Morgan fingerprint density at radius 3 is 3.09 bits per heavy atom. The lowest BCUT2D eigenvalue weighted by molar-refractivity contribution is 0.892. The molecule has 0 spiro atoms. The summed E-state index contributed by atoms with van der Waals surface area (Å²) in [5.41, 5.74) is 2.30. The van der Waals surface area contributed by atoms with Crippen LogP contribution in [0.5, 0.6) is 0 Å². The Morgan fingerprint density at radius 1 is 1.36 bits per heavy atom. The molecular weight excluding hydrogens is 156 g/mol. The lowest BCUT2D eigenvalue weighted by Crippen LogP contribution is -2.27. The number of thiocarbonyl (C=S) groups is 1. The molecule has 1 aliphatic heterocycles. The number of hydrogen-bond donors (Lipinski definition) is 1. The molecule has 11 heavy (non-hydrogen) atoms. The normalized spacial score (nSPS) is 14.7. The smallest absolute Gasteiger partial charge is 0.192 e. The van der Waals surface area contributed by atoms with E-state index in [9.17, 15) is 0 Å². The van der Waals surface area contributed by atoms with Crippen molar-refractivity contribution in [3.05, 3.63) is 29.8 Å². The Kier molecular flexibility index (Phi) is 1.51. The van der Waals surface area contributed by atoms with Crippen molar-refractivity contribution >= 4 is 23.0 Å². The summed E-state index contributed by atoms with van der Waals surface area (Å²) >= 11 is 4.90. The summed E-state index contributed by atoms with van der Waals surface area (Å²) in [5, 5.41) is 7.70. The maximum Gasteiger partial charge on any atom is 0.192 e. The van der Waals surface area contributed by atoms with Crippen LogP contribution >= 0.6 is 12.2 Å². The summed E-state index contributed by atoms with van der Waals surface area (Å²) in [4.78, 5) is 0. The number of hydrogen-bond acceptors (Lipinski definition) is 1. The summed E-state index contributed by atoms with van der Waals surface area (Å²) in [6, 6.07) is 8.05. The Labute approximate surface area is 70.6 Å². The van der Waals surface area contributed by atoms with Crippen molar-refractivity contribution in [2.45, 2.75) is 6.54 Å². The van der Waals surface area contributed by atoms with Crippen LogP contribution in [0.15, 0.2) is 24.3 Å². The van der Waals surface area contributed by atoms with Crippen LogP contribution in [0, 0.1) is 0 Å². The van der Waals surface area contributed by atoms with Crippen LogP contribution < -0.4 is 10.6 Å². The predicted octanol–water partition coefficient (Wildman–Crippen LogP) is 1.50. The summed E-state index contributed by atoms with van der Waals surface area (Å²) in [6.45, 7) is 0.710. The van der Waals surface area contributed by atoms with Gasteiger partial charge in [0.05, 0.1) is 6.54 Å². The second-order valence-electron chi connectivity index (χ2n) is 2.40. The second kappa shape index (κ2) is 2.51. The number of rotatable bonds is 0. The molecule has 1 aromatic carbocycles. The number of anilines is 1. The SMILES string of the molecule is S=C1[N]Cc2ccccc2N1. The van der Waals surface area contributed by atoms with Crippen molar-refractivity contribution in [3.63, 3.8) is 0 Å². The van der Waals surface area contributed by atoms with E-state index in [-0.39, 0.29) is 0 Å². The number of nitrogens with one attached hydrogen (secondary N) is 1. The van der Waals surface area contributed by atoms with E-state index >= 15 is 0 Å². The van der Waals surface area contributed by atoms with Gasteiger partial charge >= 0.3 is 0 Å². The Hall–Kier alpha value is -1.09. The van der Waals surface area contributed by atoms with Gasteiger partial charge in [0.2, 0.25) is 0 Å². The van der Waals surface area contributed by atoms with Crippen molar-refractivity contribution in [3.8, 4) is 0 Å². The molecule has 1 N–H and O–H groups in total. The molecule has 2 rings (SSSR count). The van der Waals surface area contributed by atoms with E-state index in [1.54, 1.807) is 0 Å². The van der Waals surface area contributed by atoms with E-state index in [2.05, 4.69) is 10.6 Å². The highest BCUT2D eigenvalue weighted by Gasteiger charge is 2.10. The Morgan fingerprint density at radius 2 is 2.18 bits per heavy atom. The van der Waals surface area contributed by atoms with Crippen molar-refractivity contribution in [1.29, 1.82) is 0 Å². The summed E-state index contributed by atoms with van der Waals surface area (Å²) < 4.78 is 0. The number of para-hydroxylation sites is 1. The number of benzene rings is 1. The second-order valence-corrected chi connectivity index (χ2v) is 2.79. The topological polar surface area (TPSA) is 26.1 Å². The third-order valence-corrected chi connectivity index (χ3v) is 1.88. The maximum atomic E-state index is 4.90. The molecule has 0 atom stereocenters. The first-order valence-electron chi connectivity index (χ1n) is 3.42. The molecule has 1 aliphatic rings. The molecule has 0 aliphatic carbocycles. The van der Waals surface area contributed by atoms with Crippen molar-refractivity contribution < 1.29 is 0 Å². The molecule has 1 aromatic rings. The van der Waals surface area contributed by atoms with Crippen LogP contribution in [0.4, 0.5) is 5.69 Å². The minimum absolute atomic E-state index is 0.587. The molecule has 0 saturated carbocycles. The van der Waals surface area contributed by atoms with Gasteiger partial charge < -0.3 is 5.32 Å². The zero-order valence-corrected chi connectivity index (χ0v) is 6.69. The van der Waals surface area contributed by atoms with Crippen LogP contribution in [-0.2, 0) is 6.54 Å². The summed E-state index contributed by atoms with van der Waals surface area (Å²) in [7, 11) is 0. The molecule has 0 fully saturated rings. The Balaban J connectivity index is 2.41. The van der Waals surface area contributed by atoms with Crippen LogP contribution in [0.3, 0.4) is 0 Å². The van der Waals surface area contributed by atoms with E-state index in [4.69, 9.17) is 12.2 Å². The van der Waals surface area contributed by atoms with E-state index in [0.717, 1.165) is 5.69 Å². The molecular formula is C8H7N2S. The van der Waals surface area contributed by atoms with Gasteiger partial charge in [-0.15, -0.1) is 0 Å². The summed E-state index contributed by atoms with van der Waals surface area (Å²) in [5.74, 6) is 0. The molecule has 1 heterocycles. The minimum Gasteiger partial charge on any atom is -0.331 e. The van der Waals surface area contributed by atoms with Crippen molar-refractivity contribution in [2.24, 2.45) is 0 Å². The molecule has 0 unspecified atom stereocenters. The van der Waals surface area contributed by atoms with E-state index in [1.165, 1.54) is 5.56 Å². The third-order valence-electron chi connectivity index (χ3n) is 1.65. The first-order valence-corrected chi connectivity index (χ1v) is 3.83. The molecule has 0 amide bonds. The fourth-order valence-corrected chi connectivity index (χ4v) is 1.27. The average molecular weight is 163 g/mol. The van der Waals surface area contributed by atoms with Gasteiger partial charge in [0, 0.05) is 5.69 Å². The van der Waals surface area contributed by atoms with Gasteiger partial charge in [-0.2, -0.15) is 0 Å². The lowest BCUT2D eigenvalue weighted by atomic mass is 10.1. The van der Waals surface area contributed by atoms with Crippen LogP contribution in [-0.4, -0.2) is 5.11 Å². The maximum absolute atomic E-state index is 4.90. The quantitative estimate of drug-likeness (QED) is 0.586. The van der Waals surface area contributed by atoms with Gasteiger partial charge in [0.15, 0.2) is 5.11 Å². The van der Waals surface area contributed by atoms with Gasteiger partial charge in [-0.05, 0) is 23.8 Å². The molecule has 55 valence electrons. The van der Waals surface area contributed by atoms with E-state index < -0.39 is 0 Å². The van der Waals surface area contributed by atoms with Gasteiger partial charge in [0.25, 0.3) is 0 Å². The van der Waals surface area contributed by atoms with Crippen molar-refractivity contribution in [2.75, 3.05) is 5.32 Å². The van der Waals surface area contributed by atoms with Gasteiger partial charge in [-0.25, -0.2) is 0 Å². The minimum atomic E-state index is 0.587. The van der Waals surface area contributed by atoms with E-state index in [0.29, 0.717) is 11.7 Å². The monoisotopic (exact) mass is 163 g/mol. The average Bonchev–Trinajstić information content (AvgIpc) is 2.04. The molecule has 0 saturated heterocycles. The van der Waals surface area contributed by atoms with Crippen molar-refractivity contribution in [1.82, 2.24) is 5.32 Å². The fraction of sp³-hybridized carbons (Fsp3) is 0.125. The first-order chi connectivity index (χ1) is 5.36. The first kappa shape index (κ1) is 6.61. The van der Waals surface area contributed by atoms with Gasteiger partial charge in [-0.1, -0.05) is 18.2 Å². The standard InChI is InChI=1S/C8H7N2S/c11-8-9-5-6-3-1-2-4-7(6)10-8/h1-4H,5H2,(H,10,11). The van der Waals surface area contributed by atoms with Crippen LogP contribution in [0.2, 0.25) is 0 Å². The van der Waals surface area contributed by atoms with Crippen LogP contribution in [0.25, 0.3) is 0 Å². The fourth-order valence-electron chi connectivity index (χ4n) is 1.09. The van der Waals surface area contributed by atoms with Gasteiger partial charge in [0.1, 0.15) is 0 Å². The summed E-state index contributed by atoms with van der Waals surface area (Å²) in [6.07, 6.45) is 0. The highest BCUT2D eigenvalue weighted by atomic mass is 32.1. The highest BCUT2D eigenvalue weighted by molar-refractivity contribution is 7.80. The predicted molar refractivity (Wildman–Crippen MR) is 48.5 cm³/mol. The Bertz CT molecular complexity index is 296. The van der Waals surface area contributed by atoms with Gasteiger partial charge in [-0.3, -0.25) is 5.32 Å². The number of fused-ring (bicyclic) bond motifs is 1. The zero-order chi connectivity index (χ0) is 7.68. The molecule has 1 radical (unpaired) electrons. The highest BCUT2D eigenvalue weighted by Crippen LogP contribution is 2.17. The molecule has 0 bridgehead atoms. The molecule has 3 heteroatoms. The largest absolute Gasteiger partial charge is 0.331 e. The van der Waals surface area contributed by atoms with Crippen LogP contribution in [0.1, 0.15) is 5.56 Å².